The summed E-state index contributed by atoms with van der Waals surface area (Å²) in [4.78, 5) is 32.7. The predicted octanol–water partition coefficient (Wildman–Crippen LogP) is 4.03. The van der Waals surface area contributed by atoms with Gasteiger partial charge in [0.15, 0.2) is 16.3 Å². The van der Waals surface area contributed by atoms with E-state index >= 15 is 0 Å². The van der Waals surface area contributed by atoms with Gasteiger partial charge < -0.3 is 14.2 Å². The van der Waals surface area contributed by atoms with Crippen LogP contribution in [-0.2, 0) is 9.53 Å². The lowest BCUT2D eigenvalue weighted by Crippen LogP contribution is -2.39. The Hall–Kier alpha value is -2.69. The Kier molecular flexibility index (Phi) is 7.39. The molecule has 1 aliphatic rings. The molecule has 3 heterocycles. The van der Waals surface area contributed by atoms with Crippen molar-refractivity contribution in [2.24, 2.45) is 4.99 Å². The molecule has 4 rings (SSSR count). The quantitative estimate of drug-likeness (QED) is 0.406. The number of aromatic nitrogens is 1. The lowest BCUT2D eigenvalue weighted by molar-refractivity contribution is -0.139. The molecule has 0 bridgehead atoms. The van der Waals surface area contributed by atoms with E-state index < -0.39 is 12.0 Å². The highest BCUT2D eigenvalue weighted by Crippen LogP contribution is 2.36. The Morgan fingerprint density at radius 1 is 1.18 bits per heavy atom. The molecule has 1 aliphatic heterocycles. The topological polar surface area (TPSA) is 79.1 Å². The van der Waals surface area contributed by atoms with E-state index in [9.17, 15) is 9.59 Å². The fourth-order valence-corrected chi connectivity index (χ4v) is 6.25. The molecule has 0 saturated heterocycles. The molecule has 0 fully saturated rings. The van der Waals surface area contributed by atoms with Gasteiger partial charge in [0.05, 0.1) is 46.0 Å². The maximum absolute atomic E-state index is 13.6. The molecule has 2 aromatic heterocycles. The van der Waals surface area contributed by atoms with Crippen molar-refractivity contribution in [1.29, 1.82) is 0 Å². The number of carbonyl (C=O) groups is 1. The Balaban J connectivity index is 1.96. The molecule has 34 heavy (non-hydrogen) atoms. The number of hydrogen-bond acceptors (Lipinski definition) is 8. The van der Waals surface area contributed by atoms with Crippen LogP contribution in [0.5, 0.6) is 11.5 Å². The summed E-state index contributed by atoms with van der Waals surface area (Å²) in [6, 6.07) is 8.58. The summed E-state index contributed by atoms with van der Waals surface area (Å²) in [6.07, 6.45) is 1.85. The number of allylic oxidation sites excluding steroid dienone is 1. The smallest absolute Gasteiger partial charge is 0.338 e. The van der Waals surface area contributed by atoms with Crippen LogP contribution in [0.2, 0.25) is 0 Å². The first-order valence-corrected chi connectivity index (χ1v) is 13.1. The second-order valence-corrected chi connectivity index (χ2v) is 10.8. The zero-order valence-corrected chi connectivity index (χ0v) is 22.3. The van der Waals surface area contributed by atoms with Crippen LogP contribution in [0.3, 0.4) is 0 Å². The summed E-state index contributed by atoms with van der Waals surface area (Å²) in [7, 11) is 1.57. The molecule has 3 aromatic rings. The molecule has 0 unspecified atom stereocenters. The summed E-state index contributed by atoms with van der Waals surface area (Å²) in [6.45, 7) is 6.05. The van der Waals surface area contributed by atoms with Crippen LogP contribution >= 0.6 is 38.6 Å². The largest absolute Gasteiger partial charge is 0.493 e. The maximum Gasteiger partial charge on any atom is 0.338 e. The van der Waals surface area contributed by atoms with Gasteiger partial charge in [-0.05, 0) is 72.6 Å². The van der Waals surface area contributed by atoms with Gasteiger partial charge in [-0.15, -0.1) is 11.3 Å². The van der Waals surface area contributed by atoms with E-state index in [0.29, 0.717) is 44.3 Å². The molecule has 10 heteroatoms. The van der Waals surface area contributed by atoms with E-state index in [4.69, 9.17) is 14.2 Å². The van der Waals surface area contributed by atoms with Crippen LogP contribution in [-0.4, -0.2) is 30.9 Å². The summed E-state index contributed by atoms with van der Waals surface area (Å²) in [5.41, 5.74) is 1.32. The third-order valence-electron chi connectivity index (χ3n) is 5.19. The van der Waals surface area contributed by atoms with Crippen molar-refractivity contribution in [1.82, 2.24) is 4.57 Å². The first-order valence-electron chi connectivity index (χ1n) is 10.6. The van der Waals surface area contributed by atoms with E-state index in [2.05, 4.69) is 20.9 Å². The van der Waals surface area contributed by atoms with Gasteiger partial charge in [-0.2, -0.15) is 0 Å². The second-order valence-electron chi connectivity index (χ2n) is 7.29. The molecule has 1 aromatic carbocycles. The summed E-state index contributed by atoms with van der Waals surface area (Å²) >= 11 is 6.29. The first-order chi connectivity index (χ1) is 16.4. The number of fused-ring (bicyclic) bond motifs is 1. The number of methoxy groups -OCH3 is 1. The number of hydrogen-bond donors (Lipinski definition) is 0. The summed E-state index contributed by atoms with van der Waals surface area (Å²) < 4.78 is 19.6. The van der Waals surface area contributed by atoms with E-state index in [1.165, 1.54) is 22.7 Å². The molecule has 7 nitrogen and oxygen atoms in total. The predicted molar refractivity (Wildman–Crippen MR) is 137 cm³/mol. The SMILES string of the molecule is CCOC(=O)C1=C(C)N=c2s/c(=C/c3ccc(Br)s3)c(=O)n2[C@H]1c1ccc(OC)c(OCC)c1. The number of ether oxygens (including phenoxy) is 3. The van der Waals surface area contributed by atoms with Crippen molar-refractivity contribution in [3.63, 3.8) is 0 Å². The van der Waals surface area contributed by atoms with Gasteiger partial charge in [0.25, 0.3) is 5.56 Å². The monoisotopic (exact) mass is 562 g/mol. The van der Waals surface area contributed by atoms with Gasteiger partial charge in [0, 0.05) is 4.88 Å². The van der Waals surface area contributed by atoms with Gasteiger partial charge in [0.2, 0.25) is 0 Å². The highest BCUT2D eigenvalue weighted by atomic mass is 79.9. The zero-order chi connectivity index (χ0) is 24.4. The standard InChI is InChI=1S/C24H23BrN2O5S2/c1-5-31-17-11-14(7-9-16(17)30-4)21-20(23(29)32-6-2)13(3)26-24-27(21)22(28)18(34-24)12-15-8-10-19(25)33-15/h7-12,21H,5-6H2,1-4H3/b18-12+/t21-/m0/s1. The van der Waals surface area contributed by atoms with Crippen molar-refractivity contribution in [2.75, 3.05) is 20.3 Å². The molecule has 0 spiro atoms. The van der Waals surface area contributed by atoms with Crippen LogP contribution in [0.25, 0.3) is 6.08 Å². The van der Waals surface area contributed by atoms with E-state index in [1.807, 2.05) is 31.2 Å². The van der Waals surface area contributed by atoms with Crippen LogP contribution in [0.15, 0.2) is 55.2 Å². The molecule has 1 atom stereocenters. The molecule has 178 valence electrons. The fraction of sp³-hybridized carbons (Fsp3) is 0.292. The lowest BCUT2D eigenvalue weighted by atomic mass is 9.95. The minimum Gasteiger partial charge on any atom is -0.493 e. The highest BCUT2D eigenvalue weighted by Gasteiger charge is 2.34. The van der Waals surface area contributed by atoms with Crippen molar-refractivity contribution in [3.8, 4) is 11.5 Å². The summed E-state index contributed by atoms with van der Waals surface area (Å²) in [5.74, 6) is 0.601. The fourth-order valence-electron chi connectivity index (χ4n) is 3.77. The molecule has 0 N–H and O–H groups in total. The Labute approximate surface area is 212 Å². The lowest BCUT2D eigenvalue weighted by Gasteiger charge is -2.25. The van der Waals surface area contributed by atoms with Crippen molar-refractivity contribution < 1.29 is 19.0 Å². The van der Waals surface area contributed by atoms with Gasteiger partial charge in [0.1, 0.15) is 0 Å². The van der Waals surface area contributed by atoms with E-state index in [0.717, 1.165) is 8.66 Å². The van der Waals surface area contributed by atoms with Crippen LogP contribution < -0.4 is 24.4 Å². The minimum atomic E-state index is -0.711. The number of rotatable bonds is 7. The van der Waals surface area contributed by atoms with Gasteiger partial charge in [-0.25, -0.2) is 9.79 Å². The Bertz CT molecular complexity index is 1450. The number of halogens is 1. The first kappa shape index (κ1) is 24.4. The molecule has 0 saturated carbocycles. The second kappa shape index (κ2) is 10.3. The van der Waals surface area contributed by atoms with Gasteiger partial charge >= 0.3 is 5.97 Å². The minimum absolute atomic E-state index is 0.215. The van der Waals surface area contributed by atoms with E-state index in [-0.39, 0.29) is 12.2 Å². The van der Waals surface area contributed by atoms with Crippen molar-refractivity contribution >= 4 is 50.6 Å². The number of esters is 1. The van der Waals surface area contributed by atoms with Crippen LogP contribution in [0.4, 0.5) is 0 Å². The van der Waals surface area contributed by atoms with E-state index in [1.54, 1.807) is 37.7 Å². The molecule has 0 radical (unpaired) electrons. The average Bonchev–Trinajstić information content (AvgIpc) is 3.35. The highest BCUT2D eigenvalue weighted by molar-refractivity contribution is 9.11. The molecular formula is C24H23BrN2O5S2. The average molecular weight is 563 g/mol. The zero-order valence-electron chi connectivity index (χ0n) is 19.1. The maximum atomic E-state index is 13.6. The number of carbonyl (C=O) groups excluding carboxylic acids is 1. The van der Waals surface area contributed by atoms with Crippen LogP contribution in [0.1, 0.15) is 37.3 Å². The third kappa shape index (κ3) is 4.62. The number of thiophene rings is 1. The number of thiazole rings is 1. The molecule has 0 aliphatic carbocycles. The van der Waals surface area contributed by atoms with Gasteiger partial charge in [-0.1, -0.05) is 17.4 Å². The Morgan fingerprint density at radius 2 is 1.97 bits per heavy atom. The van der Waals surface area contributed by atoms with Crippen molar-refractivity contribution in [3.05, 3.63) is 75.5 Å². The normalized spacial score (nSPS) is 15.7. The van der Waals surface area contributed by atoms with Crippen LogP contribution in [0, 0.1) is 0 Å². The molecule has 0 amide bonds. The summed E-state index contributed by atoms with van der Waals surface area (Å²) in [5, 5.41) is 0. The number of nitrogens with zero attached hydrogens (tertiary/aromatic N) is 2. The third-order valence-corrected chi connectivity index (χ3v) is 7.74. The Morgan fingerprint density at radius 3 is 2.62 bits per heavy atom. The number of benzene rings is 1. The van der Waals surface area contributed by atoms with Crippen molar-refractivity contribution in [2.45, 2.75) is 26.8 Å². The van der Waals surface area contributed by atoms with Gasteiger partial charge in [-0.3, -0.25) is 9.36 Å². The molecular weight excluding hydrogens is 540 g/mol.